The van der Waals surface area contributed by atoms with Crippen molar-refractivity contribution in [1.82, 2.24) is 5.32 Å². The van der Waals surface area contributed by atoms with Gasteiger partial charge in [-0.3, -0.25) is 4.79 Å². The van der Waals surface area contributed by atoms with Gasteiger partial charge in [0.25, 0.3) is 5.91 Å². The summed E-state index contributed by atoms with van der Waals surface area (Å²) in [6.45, 7) is 0. The second-order valence-electron chi connectivity index (χ2n) is 2.33. The van der Waals surface area contributed by atoms with Gasteiger partial charge in [-0.15, -0.1) is 0 Å². The average Bonchev–Trinajstić information content (AvgIpc) is 2.10. The molecule has 1 aromatic rings. The van der Waals surface area contributed by atoms with Crippen LogP contribution in [0.25, 0.3) is 0 Å². The molecule has 0 aliphatic carbocycles. The molecule has 0 atom stereocenters. The van der Waals surface area contributed by atoms with Crippen LogP contribution in [0.2, 0.25) is 10.0 Å². The summed E-state index contributed by atoms with van der Waals surface area (Å²) in [5, 5.41) is 2.53. The second kappa shape index (κ2) is 3.94. The molecule has 1 amide bonds. The minimum atomic E-state index is -0.686. The molecule has 0 aliphatic rings. The summed E-state index contributed by atoms with van der Waals surface area (Å²) in [4.78, 5) is 11.0. The predicted molar refractivity (Wildman–Crippen MR) is 49.8 cm³/mol. The highest BCUT2D eigenvalue weighted by Gasteiger charge is 2.12. The highest BCUT2D eigenvalue weighted by Crippen LogP contribution is 2.24. The smallest absolute Gasteiger partial charge is 0.254 e. The number of halogens is 3. The van der Waals surface area contributed by atoms with Gasteiger partial charge in [-0.1, -0.05) is 23.2 Å². The first kappa shape index (κ1) is 10.3. The van der Waals surface area contributed by atoms with E-state index < -0.39 is 11.7 Å². The molecule has 0 aromatic heterocycles. The van der Waals surface area contributed by atoms with Gasteiger partial charge in [0.2, 0.25) is 0 Å². The van der Waals surface area contributed by atoms with Gasteiger partial charge in [-0.2, -0.15) is 0 Å². The van der Waals surface area contributed by atoms with Crippen molar-refractivity contribution in [2.24, 2.45) is 0 Å². The summed E-state index contributed by atoms with van der Waals surface area (Å²) >= 11 is 11.1. The molecule has 70 valence electrons. The Morgan fingerprint density at radius 3 is 2.46 bits per heavy atom. The van der Waals surface area contributed by atoms with Gasteiger partial charge in [0.15, 0.2) is 0 Å². The summed E-state index contributed by atoms with van der Waals surface area (Å²) in [6.07, 6.45) is 0. The maximum atomic E-state index is 13.1. The molecular weight excluding hydrogens is 216 g/mol. The van der Waals surface area contributed by atoms with Crippen LogP contribution in [0.4, 0.5) is 4.39 Å². The zero-order chi connectivity index (χ0) is 10.0. The van der Waals surface area contributed by atoms with Gasteiger partial charge in [-0.05, 0) is 12.1 Å². The quantitative estimate of drug-likeness (QED) is 0.726. The van der Waals surface area contributed by atoms with E-state index in [0.717, 1.165) is 6.07 Å². The van der Waals surface area contributed by atoms with Crippen LogP contribution in [0, 0.1) is 5.82 Å². The highest BCUT2D eigenvalue weighted by molar-refractivity contribution is 6.42. The van der Waals surface area contributed by atoms with Gasteiger partial charge < -0.3 is 5.32 Å². The Hall–Kier alpha value is -0.800. The molecule has 0 bridgehead atoms. The van der Waals surface area contributed by atoms with Gasteiger partial charge in [0, 0.05) is 7.05 Å². The van der Waals surface area contributed by atoms with Crippen molar-refractivity contribution in [3.05, 3.63) is 33.6 Å². The van der Waals surface area contributed by atoms with Crippen LogP contribution < -0.4 is 5.32 Å². The van der Waals surface area contributed by atoms with Crippen molar-refractivity contribution < 1.29 is 9.18 Å². The first-order chi connectivity index (χ1) is 6.06. The molecule has 13 heavy (non-hydrogen) atoms. The third-order valence-corrected chi connectivity index (χ3v) is 2.20. The van der Waals surface area contributed by atoms with Gasteiger partial charge >= 0.3 is 0 Å². The number of rotatable bonds is 1. The Labute approximate surface area is 84.6 Å². The lowest BCUT2D eigenvalue weighted by Gasteiger charge is -2.03. The van der Waals surface area contributed by atoms with Crippen molar-refractivity contribution in [2.45, 2.75) is 0 Å². The Bertz CT molecular complexity index is 354. The van der Waals surface area contributed by atoms with Crippen LogP contribution >= 0.6 is 23.2 Å². The number of amides is 1. The third-order valence-electron chi connectivity index (χ3n) is 1.48. The molecule has 0 aliphatic heterocycles. The minimum absolute atomic E-state index is 0.0896. The van der Waals surface area contributed by atoms with Crippen molar-refractivity contribution in [3.63, 3.8) is 0 Å². The Balaban J connectivity index is 3.23. The number of carbonyl (C=O) groups is 1. The van der Waals surface area contributed by atoms with E-state index in [1.165, 1.54) is 13.1 Å². The predicted octanol–water partition coefficient (Wildman–Crippen LogP) is 2.49. The molecule has 1 N–H and O–H groups in total. The fourth-order valence-corrected chi connectivity index (χ4v) is 1.15. The number of hydrogen-bond acceptors (Lipinski definition) is 1. The SMILES string of the molecule is CNC(=O)c1cc(Cl)c(Cl)cc1F. The number of nitrogens with one attached hydrogen (secondary N) is 1. The summed E-state index contributed by atoms with van der Waals surface area (Å²) in [5.41, 5.74) is -0.114. The monoisotopic (exact) mass is 221 g/mol. The molecule has 0 spiro atoms. The van der Waals surface area contributed by atoms with E-state index in [4.69, 9.17) is 23.2 Å². The van der Waals surface area contributed by atoms with Gasteiger partial charge in [-0.25, -0.2) is 4.39 Å². The van der Waals surface area contributed by atoms with E-state index in [0.29, 0.717) is 0 Å². The van der Waals surface area contributed by atoms with E-state index in [1.807, 2.05) is 0 Å². The van der Waals surface area contributed by atoms with Crippen LogP contribution in [0.5, 0.6) is 0 Å². The molecule has 0 unspecified atom stereocenters. The van der Waals surface area contributed by atoms with Gasteiger partial charge in [0.1, 0.15) is 5.82 Å². The third kappa shape index (κ3) is 2.11. The van der Waals surface area contributed by atoms with E-state index in [9.17, 15) is 9.18 Å². The van der Waals surface area contributed by atoms with E-state index in [-0.39, 0.29) is 15.6 Å². The lowest BCUT2D eigenvalue weighted by atomic mass is 10.2. The molecule has 1 rings (SSSR count). The molecular formula is C8H6Cl2FNO. The lowest BCUT2D eigenvalue weighted by Crippen LogP contribution is -2.19. The first-order valence-electron chi connectivity index (χ1n) is 3.43. The average molecular weight is 222 g/mol. The normalized spacial score (nSPS) is 9.85. The summed E-state index contributed by atoms with van der Waals surface area (Å²) in [6, 6.07) is 2.20. The summed E-state index contributed by atoms with van der Waals surface area (Å²) in [5.74, 6) is -1.22. The minimum Gasteiger partial charge on any atom is -0.355 e. The number of benzene rings is 1. The maximum absolute atomic E-state index is 13.1. The number of carbonyl (C=O) groups excluding carboxylic acids is 1. The van der Waals surface area contributed by atoms with Crippen LogP contribution in [0.3, 0.4) is 0 Å². The lowest BCUT2D eigenvalue weighted by molar-refractivity contribution is 0.0959. The molecule has 1 aromatic carbocycles. The molecule has 5 heteroatoms. The standard InChI is InChI=1S/C8H6Cl2FNO/c1-12-8(13)4-2-5(9)6(10)3-7(4)11/h2-3H,1H3,(H,12,13). The molecule has 0 radical (unpaired) electrons. The largest absolute Gasteiger partial charge is 0.355 e. The summed E-state index contributed by atoms with van der Waals surface area (Å²) in [7, 11) is 1.41. The Morgan fingerprint density at radius 2 is 1.92 bits per heavy atom. The molecule has 2 nitrogen and oxygen atoms in total. The van der Waals surface area contributed by atoms with Gasteiger partial charge in [0.05, 0.1) is 15.6 Å². The van der Waals surface area contributed by atoms with E-state index in [1.54, 1.807) is 0 Å². The topological polar surface area (TPSA) is 29.1 Å². The fourth-order valence-electron chi connectivity index (χ4n) is 0.831. The first-order valence-corrected chi connectivity index (χ1v) is 4.18. The highest BCUT2D eigenvalue weighted by atomic mass is 35.5. The van der Waals surface area contributed by atoms with Crippen LogP contribution in [0.1, 0.15) is 10.4 Å². The second-order valence-corrected chi connectivity index (χ2v) is 3.14. The Kier molecular flexibility index (Phi) is 3.12. The Morgan fingerprint density at radius 1 is 1.38 bits per heavy atom. The van der Waals surface area contributed by atoms with E-state index in [2.05, 4.69) is 5.32 Å². The maximum Gasteiger partial charge on any atom is 0.254 e. The van der Waals surface area contributed by atoms with E-state index >= 15 is 0 Å². The molecule has 0 heterocycles. The molecule has 0 saturated heterocycles. The van der Waals surface area contributed by atoms with Crippen molar-refractivity contribution in [1.29, 1.82) is 0 Å². The van der Waals surface area contributed by atoms with Crippen molar-refractivity contribution in [3.8, 4) is 0 Å². The molecule has 0 saturated carbocycles. The van der Waals surface area contributed by atoms with Crippen molar-refractivity contribution in [2.75, 3.05) is 7.05 Å². The van der Waals surface area contributed by atoms with Crippen LogP contribution in [-0.4, -0.2) is 13.0 Å². The fraction of sp³-hybridized carbons (Fsp3) is 0.125. The summed E-state index contributed by atoms with van der Waals surface area (Å²) < 4.78 is 13.1. The zero-order valence-electron chi connectivity index (χ0n) is 6.70. The van der Waals surface area contributed by atoms with Crippen molar-refractivity contribution >= 4 is 29.1 Å². The zero-order valence-corrected chi connectivity index (χ0v) is 8.21. The van der Waals surface area contributed by atoms with Crippen LogP contribution in [-0.2, 0) is 0 Å². The molecule has 0 fully saturated rings. The van der Waals surface area contributed by atoms with Crippen LogP contribution in [0.15, 0.2) is 12.1 Å². The number of hydrogen-bond donors (Lipinski definition) is 1.